The lowest BCUT2D eigenvalue weighted by molar-refractivity contribution is 0.312. The Balaban J connectivity index is 2.79. The van der Waals surface area contributed by atoms with Gasteiger partial charge >= 0.3 is 8.56 Å². The van der Waals surface area contributed by atoms with Crippen LogP contribution < -0.4 is 0 Å². The second-order valence-corrected chi connectivity index (χ2v) is 8.22. The van der Waals surface area contributed by atoms with Gasteiger partial charge in [-0.1, -0.05) is 51.1 Å². The molecule has 1 aromatic rings. The Bertz CT molecular complexity index is 288. The lowest BCUT2D eigenvalue weighted by Crippen LogP contribution is -2.47. The molecular weight excluding hydrogens is 192 g/mol. The van der Waals surface area contributed by atoms with Gasteiger partial charge in [-0.15, -0.1) is 0 Å². The highest BCUT2D eigenvalue weighted by Crippen LogP contribution is 2.33. The molecule has 0 spiro atoms. The Morgan fingerprint density at radius 1 is 1.07 bits per heavy atom. The average Bonchev–Trinajstić information content (AvgIpc) is 2.03. The zero-order valence-electron chi connectivity index (χ0n) is 8.99. The minimum atomic E-state index is -3.15. The molecule has 0 aliphatic rings. The maximum absolute atomic E-state index is 10.00. The van der Waals surface area contributed by atoms with Crippen molar-refractivity contribution >= 4 is 8.56 Å². The van der Waals surface area contributed by atoms with Gasteiger partial charge in [0.1, 0.15) is 0 Å². The molecule has 14 heavy (non-hydrogen) atoms. The van der Waals surface area contributed by atoms with Gasteiger partial charge < -0.3 is 9.59 Å². The minimum Gasteiger partial charge on any atom is -0.410 e. The summed E-state index contributed by atoms with van der Waals surface area (Å²) in [6.45, 7) is 5.63. The fourth-order valence-corrected chi connectivity index (χ4v) is 2.48. The molecule has 0 radical (unpaired) electrons. The number of hydrogen-bond acceptors (Lipinski definition) is 2. The third-order valence-electron chi connectivity index (χ3n) is 2.49. The molecule has 0 aliphatic heterocycles. The van der Waals surface area contributed by atoms with E-state index in [9.17, 15) is 9.59 Å². The van der Waals surface area contributed by atoms with E-state index in [4.69, 9.17) is 0 Å². The number of benzene rings is 1. The second kappa shape index (κ2) is 3.85. The molecule has 1 aromatic carbocycles. The molecule has 0 atom stereocenters. The highest BCUT2D eigenvalue weighted by Gasteiger charge is 2.42. The van der Waals surface area contributed by atoms with Gasteiger partial charge in [0.05, 0.1) is 0 Å². The first-order chi connectivity index (χ1) is 6.33. The standard InChI is InChI=1S/C11H18O2Si/c1-11(2,3)14(12,13)9-10-7-5-4-6-8-10/h4-8,12-13H,9H2,1-3H3. The molecule has 0 saturated heterocycles. The summed E-state index contributed by atoms with van der Waals surface area (Å²) >= 11 is 0. The predicted molar refractivity (Wildman–Crippen MR) is 60.1 cm³/mol. The summed E-state index contributed by atoms with van der Waals surface area (Å²) < 4.78 is 0. The molecular formula is C11H18O2Si. The first kappa shape index (κ1) is 11.4. The van der Waals surface area contributed by atoms with Gasteiger partial charge in [-0.05, 0) is 5.56 Å². The van der Waals surface area contributed by atoms with Crippen LogP contribution in [-0.2, 0) is 6.04 Å². The Labute approximate surface area is 86.5 Å². The van der Waals surface area contributed by atoms with E-state index < -0.39 is 13.6 Å². The normalized spacial score (nSPS) is 12.9. The van der Waals surface area contributed by atoms with Crippen molar-refractivity contribution in [1.29, 1.82) is 0 Å². The second-order valence-electron chi connectivity index (χ2n) is 4.73. The number of hydrogen-bond donors (Lipinski definition) is 2. The molecule has 0 amide bonds. The Hall–Kier alpha value is -0.643. The van der Waals surface area contributed by atoms with E-state index >= 15 is 0 Å². The van der Waals surface area contributed by atoms with Gasteiger partial charge in [-0.2, -0.15) is 0 Å². The molecule has 1 rings (SSSR count). The maximum Gasteiger partial charge on any atom is 0.342 e. The van der Waals surface area contributed by atoms with Crippen LogP contribution in [0.15, 0.2) is 30.3 Å². The van der Waals surface area contributed by atoms with Crippen molar-refractivity contribution in [2.24, 2.45) is 0 Å². The van der Waals surface area contributed by atoms with Crippen molar-refractivity contribution in [2.45, 2.75) is 31.9 Å². The van der Waals surface area contributed by atoms with Crippen LogP contribution in [0.5, 0.6) is 0 Å². The van der Waals surface area contributed by atoms with Gasteiger partial charge in [-0.3, -0.25) is 0 Å². The van der Waals surface area contributed by atoms with Crippen molar-refractivity contribution in [1.82, 2.24) is 0 Å². The van der Waals surface area contributed by atoms with Crippen LogP contribution in [0, 0.1) is 0 Å². The van der Waals surface area contributed by atoms with Gasteiger partial charge in [-0.25, -0.2) is 0 Å². The van der Waals surface area contributed by atoms with E-state index in [0.29, 0.717) is 6.04 Å². The van der Waals surface area contributed by atoms with Crippen molar-refractivity contribution in [2.75, 3.05) is 0 Å². The molecule has 0 unspecified atom stereocenters. The van der Waals surface area contributed by atoms with Gasteiger partial charge in [0, 0.05) is 11.1 Å². The van der Waals surface area contributed by atoms with Crippen LogP contribution >= 0.6 is 0 Å². The van der Waals surface area contributed by atoms with Crippen molar-refractivity contribution < 1.29 is 9.59 Å². The molecule has 0 fully saturated rings. The van der Waals surface area contributed by atoms with E-state index in [0.717, 1.165) is 5.56 Å². The van der Waals surface area contributed by atoms with E-state index in [1.54, 1.807) is 0 Å². The highest BCUT2D eigenvalue weighted by molar-refractivity contribution is 6.67. The van der Waals surface area contributed by atoms with Gasteiger partial charge in [0.2, 0.25) is 0 Å². The Morgan fingerprint density at radius 3 is 2.00 bits per heavy atom. The van der Waals surface area contributed by atoms with E-state index in [-0.39, 0.29) is 0 Å². The largest absolute Gasteiger partial charge is 0.410 e. The van der Waals surface area contributed by atoms with Crippen molar-refractivity contribution in [3.8, 4) is 0 Å². The predicted octanol–water partition coefficient (Wildman–Crippen LogP) is 2.00. The molecule has 0 aliphatic carbocycles. The fourth-order valence-electron chi connectivity index (χ4n) is 1.15. The summed E-state index contributed by atoms with van der Waals surface area (Å²) in [7, 11) is -3.15. The lowest BCUT2D eigenvalue weighted by Gasteiger charge is -2.31. The third-order valence-corrected chi connectivity index (χ3v) is 5.80. The minimum absolute atomic E-state index is 0.400. The first-order valence-corrected chi connectivity index (χ1v) is 6.92. The molecule has 2 nitrogen and oxygen atoms in total. The first-order valence-electron chi connectivity index (χ1n) is 4.82. The van der Waals surface area contributed by atoms with Crippen LogP contribution in [0.2, 0.25) is 5.04 Å². The molecule has 0 heterocycles. The highest BCUT2D eigenvalue weighted by atomic mass is 28.4. The SMILES string of the molecule is CC(C)(C)[Si](O)(O)Cc1ccccc1. The van der Waals surface area contributed by atoms with E-state index in [1.165, 1.54) is 0 Å². The van der Waals surface area contributed by atoms with Gasteiger partial charge in [0.25, 0.3) is 0 Å². The summed E-state index contributed by atoms with van der Waals surface area (Å²) in [5, 5.41) is -0.400. The maximum atomic E-state index is 10.00. The molecule has 0 bridgehead atoms. The summed E-state index contributed by atoms with van der Waals surface area (Å²) in [6, 6.07) is 10.0. The third kappa shape index (κ3) is 2.67. The molecule has 0 saturated carbocycles. The van der Waals surface area contributed by atoms with Crippen molar-refractivity contribution in [3.05, 3.63) is 35.9 Å². The summed E-state index contributed by atoms with van der Waals surface area (Å²) in [5.74, 6) is 0. The monoisotopic (exact) mass is 210 g/mol. The van der Waals surface area contributed by atoms with Crippen LogP contribution in [0.1, 0.15) is 26.3 Å². The molecule has 0 aromatic heterocycles. The van der Waals surface area contributed by atoms with Crippen molar-refractivity contribution in [3.63, 3.8) is 0 Å². The average molecular weight is 210 g/mol. The fraction of sp³-hybridized carbons (Fsp3) is 0.455. The smallest absolute Gasteiger partial charge is 0.342 e. The zero-order chi connectivity index (χ0) is 10.8. The molecule has 78 valence electrons. The van der Waals surface area contributed by atoms with Crippen LogP contribution in [-0.4, -0.2) is 18.2 Å². The van der Waals surface area contributed by atoms with E-state index in [2.05, 4.69) is 0 Å². The van der Waals surface area contributed by atoms with Crippen LogP contribution in [0.3, 0.4) is 0 Å². The summed E-state index contributed by atoms with van der Waals surface area (Å²) in [5.41, 5.74) is 0.999. The molecule has 3 heteroatoms. The quantitative estimate of drug-likeness (QED) is 0.733. The van der Waals surface area contributed by atoms with E-state index in [1.807, 2.05) is 51.1 Å². The van der Waals surface area contributed by atoms with Crippen LogP contribution in [0.4, 0.5) is 0 Å². The Kier molecular flexibility index (Phi) is 3.14. The number of rotatable bonds is 2. The zero-order valence-corrected chi connectivity index (χ0v) is 9.99. The lowest BCUT2D eigenvalue weighted by atomic mass is 10.2. The summed E-state index contributed by atoms with van der Waals surface area (Å²) in [4.78, 5) is 20.0. The topological polar surface area (TPSA) is 40.5 Å². The summed E-state index contributed by atoms with van der Waals surface area (Å²) in [6.07, 6.45) is 0. The van der Waals surface area contributed by atoms with Crippen LogP contribution in [0.25, 0.3) is 0 Å². The van der Waals surface area contributed by atoms with Gasteiger partial charge in [0.15, 0.2) is 0 Å². The Morgan fingerprint density at radius 2 is 1.57 bits per heavy atom. The molecule has 2 N–H and O–H groups in total.